The van der Waals surface area contributed by atoms with Crippen molar-refractivity contribution in [3.05, 3.63) is 35.8 Å². The first-order valence-corrected chi connectivity index (χ1v) is 10.8. The van der Waals surface area contributed by atoms with E-state index >= 15 is 0 Å². The molecule has 4 heterocycles. The minimum Gasteiger partial charge on any atom is -0.275 e. The number of fused-ring (bicyclic) bond motifs is 2. The molecule has 1 aliphatic rings. The summed E-state index contributed by atoms with van der Waals surface area (Å²) in [4.78, 5) is 5.57. The van der Waals surface area contributed by atoms with Crippen LogP contribution in [0.2, 0.25) is 12.6 Å². The van der Waals surface area contributed by atoms with Gasteiger partial charge in [0.2, 0.25) is 11.4 Å². The number of aromatic nitrogens is 5. The number of rotatable bonds is 4. The van der Waals surface area contributed by atoms with Crippen LogP contribution in [0.5, 0.6) is 0 Å². The molecular formula is C20H19BF2N6S. The lowest BCUT2D eigenvalue weighted by Gasteiger charge is -2.21. The van der Waals surface area contributed by atoms with Crippen molar-refractivity contribution >= 4 is 33.9 Å². The van der Waals surface area contributed by atoms with Gasteiger partial charge in [0.1, 0.15) is 5.01 Å². The van der Waals surface area contributed by atoms with E-state index in [0.717, 1.165) is 52.1 Å². The maximum Gasteiger partial charge on any atom is 0.267 e. The highest BCUT2D eigenvalue weighted by molar-refractivity contribution is 7.19. The Labute approximate surface area is 176 Å². The minimum absolute atomic E-state index is 0.166. The molecule has 1 fully saturated rings. The van der Waals surface area contributed by atoms with Crippen LogP contribution in [0, 0.1) is 11.2 Å². The lowest BCUT2D eigenvalue weighted by molar-refractivity contribution is 0.149. The summed E-state index contributed by atoms with van der Waals surface area (Å²) in [6.45, 7) is 0.166. The quantitative estimate of drug-likeness (QED) is 0.450. The summed E-state index contributed by atoms with van der Waals surface area (Å²) >= 11 is 1.46. The van der Waals surface area contributed by atoms with Crippen LogP contribution in [-0.2, 0) is 13.5 Å². The summed E-state index contributed by atoms with van der Waals surface area (Å²) in [5, 5.41) is 19.7. The maximum absolute atomic E-state index is 13.1. The molecule has 0 atom stereocenters. The first kappa shape index (κ1) is 19.2. The molecule has 0 radical (unpaired) electrons. The van der Waals surface area contributed by atoms with E-state index in [1.54, 1.807) is 22.3 Å². The van der Waals surface area contributed by atoms with Crippen LogP contribution in [0.15, 0.2) is 24.5 Å². The van der Waals surface area contributed by atoms with E-state index in [-0.39, 0.29) is 13.1 Å². The smallest absolute Gasteiger partial charge is 0.267 e. The third kappa shape index (κ3) is 3.47. The number of aryl methyl sites for hydroxylation is 1. The van der Waals surface area contributed by atoms with Crippen LogP contribution in [0.1, 0.15) is 30.0 Å². The van der Waals surface area contributed by atoms with Gasteiger partial charge in [0.25, 0.3) is 6.71 Å². The molecule has 5 rings (SSSR count). The number of hydrogen-bond donors (Lipinski definition) is 0. The molecule has 1 saturated heterocycles. The summed E-state index contributed by atoms with van der Waals surface area (Å²) in [6, 6.07) is 3.71. The molecule has 10 heteroatoms. The van der Waals surface area contributed by atoms with Gasteiger partial charge in [-0.05, 0) is 17.7 Å². The van der Waals surface area contributed by atoms with Gasteiger partial charge in [-0.3, -0.25) is 4.68 Å². The van der Waals surface area contributed by atoms with Gasteiger partial charge >= 0.3 is 0 Å². The zero-order valence-electron chi connectivity index (χ0n) is 16.4. The third-order valence-electron chi connectivity index (χ3n) is 5.81. The maximum atomic E-state index is 13.1. The van der Waals surface area contributed by atoms with Gasteiger partial charge in [-0.1, -0.05) is 36.8 Å². The van der Waals surface area contributed by atoms with E-state index in [1.807, 2.05) is 18.5 Å². The number of halogens is 2. The molecule has 0 N–H and O–H groups in total. The minimum atomic E-state index is -2.43. The van der Waals surface area contributed by atoms with Crippen molar-refractivity contribution in [3.8, 4) is 16.5 Å². The molecule has 4 aromatic rings. The highest BCUT2D eigenvalue weighted by Gasteiger charge is 2.27. The van der Waals surface area contributed by atoms with E-state index < -0.39 is 6.43 Å². The summed E-state index contributed by atoms with van der Waals surface area (Å²) in [6.07, 6.45) is 4.83. The largest absolute Gasteiger partial charge is 0.275 e. The molecule has 0 saturated carbocycles. The summed E-state index contributed by atoms with van der Waals surface area (Å²) < 4.78 is 29.6. The van der Waals surface area contributed by atoms with E-state index in [4.69, 9.17) is 10.2 Å². The lowest BCUT2D eigenvalue weighted by atomic mass is 9.41. The molecule has 0 bridgehead atoms. The molecule has 152 valence electrons. The van der Waals surface area contributed by atoms with Crippen LogP contribution in [0.3, 0.4) is 0 Å². The summed E-state index contributed by atoms with van der Waals surface area (Å²) in [5.74, 6) is 2.74. The van der Waals surface area contributed by atoms with Crippen LogP contribution in [-0.4, -0.2) is 37.5 Å². The highest BCUT2D eigenvalue weighted by Crippen LogP contribution is 2.35. The van der Waals surface area contributed by atoms with Crippen molar-refractivity contribution in [2.75, 3.05) is 0 Å². The third-order valence-corrected chi connectivity index (χ3v) is 6.78. The molecule has 3 aromatic heterocycles. The first-order valence-electron chi connectivity index (χ1n) is 10.0. The molecule has 1 aliphatic heterocycles. The topological polar surface area (TPSA) is 71.8 Å². The molecule has 0 unspecified atom stereocenters. The Kier molecular flexibility index (Phi) is 4.78. The fourth-order valence-electron chi connectivity index (χ4n) is 4.32. The molecular weight excluding hydrogens is 405 g/mol. The van der Waals surface area contributed by atoms with Crippen LogP contribution < -0.4 is 0 Å². The second-order valence-electron chi connectivity index (χ2n) is 7.95. The fourth-order valence-corrected chi connectivity index (χ4v) is 5.20. The van der Waals surface area contributed by atoms with E-state index in [1.165, 1.54) is 11.3 Å². The van der Waals surface area contributed by atoms with E-state index in [0.29, 0.717) is 17.0 Å². The van der Waals surface area contributed by atoms with Gasteiger partial charge in [0.05, 0.1) is 17.4 Å². The monoisotopic (exact) mass is 424 g/mol. The Morgan fingerprint density at radius 1 is 1.27 bits per heavy atom. The fraction of sp³-hybridized carbons (Fsp3) is 0.400. The van der Waals surface area contributed by atoms with Crippen molar-refractivity contribution in [1.82, 2.24) is 24.4 Å². The van der Waals surface area contributed by atoms with Crippen molar-refractivity contribution < 1.29 is 8.78 Å². The van der Waals surface area contributed by atoms with Crippen LogP contribution in [0.4, 0.5) is 8.78 Å². The molecule has 0 aliphatic carbocycles. The van der Waals surface area contributed by atoms with Crippen molar-refractivity contribution in [3.63, 3.8) is 0 Å². The Hall–Kier alpha value is -2.80. The van der Waals surface area contributed by atoms with Gasteiger partial charge in [-0.15, -0.1) is 0 Å². The SMILES string of the molecule is Cn1cc2cc(-c3nn4cc(C5CCB(C#N)CC5)nc4s3)cc(CC(F)F)c2n1. The summed E-state index contributed by atoms with van der Waals surface area (Å²) in [7, 11) is 1.79. The molecule has 30 heavy (non-hydrogen) atoms. The molecule has 0 spiro atoms. The van der Waals surface area contributed by atoms with Gasteiger partial charge in [-0.2, -0.15) is 10.2 Å². The standard InChI is InChI=1S/C20H19BF2N6S/c1-28-9-15-7-14(6-13(8-17(22)23)18(15)26-28)19-27-29-10-16(25-20(29)30-19)12-2-4-21(11-24)5-3-12/h6-7,9-10,12,17H,2-5,8H2,1H3. The van der Waals surface area contributed by atoms with Crippen molar-refractivity contribution in [2.24, 2.45) is 7.05 Å². The van der Waals surface area contributed by atoms with Crippen molar-refractivity contribution in [1.29, 1.82) is 5.26 Å². The predicted molar refractivity (Wildman–Crippen MR) is 113 cm³/mol. The molecule has 6 nitrogen and oxygen atoms in total. The second kappa shape index (κ2) is 7.47. The number of nitriles is 1. The average Bonchev–Trinajstić information content (AvgIpc) is 3.39. The average molecular weight is 424 g/mol. The number of hydrogen-bond acceptors (Lipinski definition) is 5. The molecule has 0 amide bonds. The van der Waals surface area contributed by atoms with E-state index in [2.05, 4.69) is 16.2 Å². The second-order valence-corrected chi connectivity index (χ2v) is 8.90. The molecule has 1 aromatic carbocycles. The number of alkyl halides is 2. The summed E-state index contributed by atoms with van der Waals surface area (Å²) in [5.41, 5.74) is 2.97. The predicted octanol–water partition coefficient (Wildman–Crippen LogP) is 4.59. The van der Waals surface area contributed by atoms with Gasteiger partial charge in [0, 0.05) is 42.5 Å². The Bertz CT molecular complexity index is 1230. The van der Waals surface area contributed by atoms with Crippen LogP contribution >= 0.6 is 11.3 Å². The van der Waals surface area contributed by atoms with Gasteiger partial charge in [0.15, 0.2) is 0 Å². The van der Waals surface area contributed by atoms with Gasteiger partial charge in [-0.25, -0.2) is 23.5 Å². The number of imidazole rings is 1. The first-order chi connectivity index (χ1) is 14.5. The zero-order chi connectivity index (χ0) is 20.8. The number of nitrogens with zero attached hydrogens (tertiary/aromatic N) is 6. The lowest BCUT2D eigenvalue weighted by Crippen LogP contribution is -2.19. The Morgan fingerprint density at radius 3 is 2.77 bits per heavy atom. The Balaban J connectivity index is 1.47. The normalized spacial score (nSPS) is 15.5. The van der Waals surface area contributed by atoms with E-state index in [9.17, 15) is 8.78 Å². The highest BCUT2D eigenvalue weighted by atomic mass is 32.1. The van der Waals surface area contributed by atoms with Crippen molar-refractivity contribution in [2.45, 2.75) is 44.2 Å². The van der Waals surface area contributed by atoms with Crippen LogP contribution in [0.25, 0.3) is 26.4 Å². The van der Waals surface area contributed by atoms with Gasteiger partial charge < -0.3 is 0 Å². The zero-order valence-corrected chi connectivity index (χ0v) is 17.2. The number of benzene rings is 1. The Morgan fingerprint density at radius 2 is 2.07 bits per heavy atom.